The smallest absolute Gasteiger partial charge is 0.126 e. The molecule has 2 N–H and O–H groups in total. The third kappa shape index (κ3) is 2.91. The molecule has 0 aliphatic carbocycles. The van der Waals surface area contributed by atoms with Gasteiger partial charge in [0.05, 0.1) is 6.04 Å². The highest BCUT2D eigenvalue weighted by Crippen LogP contribution is 2.26. The first kappa shape index (κ1) is 14.7. The molecule has 0 heterocycles. The van der Waals surface area contributed by atoms with Crippen molar-refractivity contribution in [1.29, 1.82) is 0 Å². The summed E-state index contributed by atoms with van der Waals surface area (Å²) in [6.07, 6.45) is 1.91. The first-order chi connectivity index (χ1) is 9.56. The lowest BCUT2D eigenvalue weighted by molar-refractivity contribution is 0.614. The van der Waals surface area contributed by atoms with Gasteiger partial charge in [0.1, 0.15) is 5.82 Å². The zero-order chi connectivity index (χ0) is 14.7. The average molecular weight is 271 g/mol. The third-order valence-electron chi connectivity index (χ3n) is 3.89. The fourth-order valence-electron chi connectivity index (χ4n) is 2.46. The molecule has 0 aliphatic rings. The van der Waals surface area contributed by atoms with E-state index in [0.29, 0.717) is 5.56 Å². The summed E-state index contributed by atoms with van der Waals surface area (Å²) in [5, 5.41) is 0. The first-order valence-corrected chi connectivity index (χ1v) is 7.20. The van der Waals surface area contributed by atoms with Gasteiger partial charge in [-0.1, -0.05) is 44.2 Å². The SMILES string of the molecule is CCc1ccc(CC)c(C(N)c2ccc(C)c(F)c2)c1. The first-order valence-electron chi connectivity index (χ1n) is 7.20. The van der Waals surface area contributed by atoms with E-state index in [0.717, 1.165) is 24.0 Å². The Bertz CT molecular complexity index is 604. The Labute approximate surface area is 120 Å². The van der Waals surface area contributed by atoms with E-state index in [9.17, 15) is 4.39 Å². The zero-order valence-electron chi connectivity index (χ0n) is 12.4. The molecule has 0 aliphatic heterocycles. The van der Waals surface area contributed by atoms with Crippen molar-refractivity contribution in [2.45, 2.75) is 39.7 Å². The van der Waals surface area contributed by atoms with E-state index in [1.165, 1.54) is 11.1 Å². The van der Waals surface area contributed by atoms with E-state index in [1.54, 1.807) is 19.1 Å². The topological polar surface area (TPSA) is 26.0 Å². The van der Waals surface area contributed by atoms with Crippen molar-refractivity contribution in [3.63, 3.8) is 0 Å². The van der Waals surface area contributed by atoms with Crippen molar-refractivity contribution in [1.82, 2.24) is 0 Å². The van der Waals surface area contributed by atoms with Crippen molar-refractivity contribution in [2.75, 3.05) is 0 Å². The molecule has 0 spiro atoms. The molecule has 1 nitrogen and oxygen atoms in total. The molecule has 0 bridgehead atoms. The summed E-state index contributed by atoms with van der Waals surface area (Å²) in [5.41, 5.74) is 11.5. The van der Waals surface area contributed by atoms with Crippen molar-refractivity contribution in [3.8, 4) is 0 Å². The van der Waals surface area contributed by atoms with Crippen LogP contribution >= 0.6 is 0 Å². The summed E-state index contributed by atoms with van der Waals surface area (Å²) in [6.45, 7) is 6.01. The zero-order valence-corrected chi connectivity index (χ0v) is 12.4. The van der Waals surface area contributed by atoms with Crippen LogP contribution < -0.4 is 5.73 Å². The van der Waals surface area contributed by atoms with Crippen LogP contribution in [0.5, 0.6) is 0 Å². The number of benzene rings is 2. The molecule has 0 amide bonds. The molecule has 2 rings (SSSR count). The van der Waals surface area contributed by atoms with Crippen LogP contribution in [0.1, 0.15) is 47.7 Å². The van der Waals surface area contributed by atoms with E-state index in [1.807, 2.05) is 6.07 Å². The van der Waals surface area contributed by atoms with Gasteiger partial charge in [-0.15, -0.1) is 0 Å². The van der Waals surface area contributed by atoms with Gasteiger partial charge in [0, 0.05) is 0 Å². The monoisotopic (exact) mass is 271 g/mol. The summed E-state index contributed by atoms with van der Waals surface area (Å²) in [6, 6.07) is 11.4. The number of hydrogen-bond acceptors (Lipinski definition) is 1. The van der Waals surface area contributed by atoms with E-state index >= 15 is 0 Å². The van der Waals surface area contributed by atoms with Crippen molar-refractivity contribution in [3.05, 3.63) is 70.0 Å². The number of halogens is 1. The predicted molar refractivity (Wildman–Crippen MR) is 82.4 cm³/mol. The highest BCUT2D eigenvalue weighted by Gasteiger charge is 2.14. The van der Waals surface area contributed by atoms with Gasteiger partial charge in [-0.25, -0.2) is 4.39 Å². The van der Waals surface area contributed by atoms with E-state index in [4.69, 9.17) is 5.73 Å². The van der Waals surface area contributed by atoms with Crippen LogP contribution in [0.15, 0.2) is 36.4 Å². The molecule has 0 fully saturated rings. The molecular weight excluding hydrogens is 249 g/mol. The molecule has 106 valence electrons. The molecule has 1 unspecified atom stereocenters. The largest absolute Gasteiger partial charge is 0.320 e. The van der Waals surface area contributed by atoms with Crippen LogP contribution in [0.3, 0.4) is 0 Å². The highest BCUT2D eigenvalue weighted by atomic mass is 19.1. The summed E-state index contributed by atoms with van der Waals surface area (Å²) >= 11 is 0. The lowest BCUT2D eigenvalue weighted by Crippen LogP contribution is -2.15. The standard InChI is InChI=1S/C18H22FN/c1-4-13-7-9-14(5-2)16(10-13)18(20)15-8-6-12(3)17(19)11-15/h6-11,18H,4-5,20H2,1-3H3. The molecular formula is C18H22FN. The van der Waals surface area contributed by atoms with Gasteiger partial charge in [-0.3, -0.25) is 0 Å². The third-order valence-corrected chi connectivity index (χ3v) is 3.89. The minimum absolute atomic E-state index is 0.192. The quantitative estimate of drug-likeness (QED) is 0.881. The maximum absolute atomic E-state index is 13.7. The molecule has 20 heavy (non-hydrogen) atoms. The second kappa shape index (κ2) is 6.19. The van der Waals surface area contributed by atoms with Crippen molar-refractivity contribution < 1.29 is 4.39 Å². The lowest BCUT2D eigenvalue weighted by Gasteiger charge is -2.18. The minimum atomic E-state index is -0.272. The van der Waals surface area contributed by atoms with Gasteiger partial charge < -0.3 is 5.73 Å². The predicted octanol–water partition coefficient (Wildman–Crippen LogP) is 4.31. The molecule has 0 saturated carbocycles. The van der Waals surface area contributed by atoms with Gasteiger partial charge in [0.15, 0.2) is 0 Å². The van der Waals surface area contributed by atoms with Gasteiger partial charge >= 0.3 is 0 Å². The molecule has 2 aromatic carbocycles. The van der Waals surface area contributed by atoms with Crippen LogP contribution in [0, 0.1) is 12.7 Å². The lowest BCUT2D eigenvalue weighted by atomic mass is 9.91. The fraction of sp³-hybridized carbons (Fsp3) is 0.333. The van der Waals surface area contributed by atoms with Gasteiger partial charge in [0.2, 0.25) is 0 Å². The number of aryl methyl sites for hydroxylation is 3. The van der Waals surface area contributed by atoms with Crippen LogP contribution in [0.4, 0.5) is 4.39 Å². The molecule has 0 saturated heterocycles. The highest BCUT2D eigenvalue weighted by molar-refractivity contribution is 5.40. The molecule has 2 aromatic rings. The van der Waals surface area contributed by atoms with Crippen LogP contribution in [0.25, 0.3) is 0 Å². The van der Waals surface area contributed by atoms with Crippen molar-refractivity contribution in [2.24, 2.45) is 5.73 Å². The summed E-state index contributed by atoms with van der Waals surface area (Å²) < 4.78 is 13.7. The van der Waals surface area contributed by atoms with Crippen LogP contribution in [0.2, 0.25) is 0 Å². The maximum Gasteiger partial charge on any atom is 0.126 e. The summed E-state index contributed by atoms with van der Waals surface area (Å²) in [7, 11) is 0. The van der Waals surface area contributed by atoms with E-state index in [2.05, 4.69) is 32.0 Å². The Hall–Kier alpha value is -1.67. The second-order valence-electron chi connectivity index (χ2n) is 5.23. The fourth-order valence-corrected chi connectivity index (χ4v) is 2.46. The van der Waals surface area contributed by atoms with E-state index in [-0.39, 0.29) is 11.9 Å². The summed E-state index contributed by atoms with van der Waals surface area (Å²) in [4.78, 5) is 0. The maximum atomic E-state index is 13.7. The van der Waals surface area contributed by atoms with Crippen LogP contribution in [-0.4, -0.2) is 0 Å². The number of hydrogen-bond donors (Lipinski definition) is 1. The molecule has 2 heteroatoms. The molecule has 0 aromatic heterocycles. The summed E-state index contributed by atoms with van der Waals surface area (Å²) in [5.74, 6) is -0.192. The molecule has 0 radical (unpaired) electrons. The van der Waals surface area contributed by atoms with Crippen molar-refractivity contribution >= 4 is 0 Å². The Morgan fingerprint density at radius 2 is 1.80 bits per heavy atom. The number of rotatable bonds is 4. The van der Waals surface area contributed by atoms with Gasteiger partial charge in [-0.2, -0.15) is 0 Å². The Balaban J connectivity index is 2.45. The van der Waals surface area contributed by atoms with Gasteiger partial charge in [-0.05, 0) is 53.6 Å². The Morgan fingerprint density at radius 1 is 1.05 bits per heavy atom. The van der Waals surface area contributed by atoms with Gasteiger partial charge in [0.25, 0.3) is 0 Å². The van der Waals surface area contributed by atoms with E-state index < -0.39 is 0 Å². The number of nitrogens with two attached hydrogens (primary N) is 1. The normalized spacial score (nSPS) is 12.4. The Morgan fingerprint density at radius 3 is 2.40 bits per heavy atom. The Kier molecular flexibility index (Phi) is 4.56. The minimum Gasteiger partial charge on any atom is -0.320 e. The average Bonchev–Trinajstić information content (AvgIpc) is 2.48. The van der Waals surface area contributed by atoms with Crippen LogP contribution in [-0.2, 0) is 12.8 Å². The molecule has 1 atom stereocenters. The second-order valence-corrected chi connectivity index (χ2v) is 5.23.